The number of furan rings is 2. The van der Waals surface area contributed by atoms with Crippen LogP contribution in [0.1, 0.15) is 0 Å². The maximum atomic E-state index is 6.96. The second-order valence-corrected chi connectivity index (χ2v) is 13.9. The largest absolute Gasteiger partial charge is 0.455 e. The van der Waals surface area contributed by atoms with E-state index in [2.05, 4.69) is 121 Å². The van der Waals surface area contributed by atoms with Gasteiger partial charge in [-0.15, -0.1) is 0 Å². The van der Waals surface area contributed by atoms with E-state index in [0.717, 1.165) is 93.9 Å². The highest BCUT2D eigenvalue weighted by Crippen LogP contribution is 2.44. The molecule has 5 heteroatoms. The van der Waals surface area contributed by atoms with E-state index in [4.69, 9.17) is 23.8 Å². The molecule has 11 aromatic rings. The molecule has 0 saturated carbocycles. The van der Waals surface area contributed by atoms with E-state index in [1.54, 1.807) is 0 Å². The molecular formula is C51H31N3O2. The highest BCUT2D eigenvalue weighted by molar-refractivity contribution is 6.17. The Kier molecular flexibility index (Phi) is 7.42. The van der Waals surface area contributed by atoms with Gasteiger partial charge in [-0.05, 0) is 17.2 Å². The Hall–Kier alpha value is -7.63. The highest BCUT2D eigenvalue weighted by Gasteiger charge is 2.21. The lowest BCUT2D eigenvalue weighted by Crippen LogP contribution is -2.00. The van der Waals surface area contributed by atoms with Gasteiger partial charge in [0.25, 0.3) is 0 Å². The number of hydrogen-bond acceptors (Lipinski definition) is 5. The van der Waals surface area contributed by atoms with Gasteiger partial charge in [0.15, 0.2) is 17.5 Å². The minimum atomic E-state index is 0.605. The molecule has 0 N–H and O–H groups in total. The molecule has 0 amide bonds. The van der Waals surface area contributed by atoms with Crippen LogP contribution < -0.4 is 0 Å². The topological polar surface area (TPSA) is 65.0 Å². The van der Waals surface area contributed by atoms with E-state index < -0.39 is 0 Å². The minimum Gasteiger partial charge on any atom is -0.455 e. The molecule has 0 fully saturated rings. The number of rotatable bonds is 6. The third-order valence-electron chi connectivity index (χ3n) is 10.6. The van der Waals surface area contributed by atoms with Crippen LogP contribution in [0.2, 0.25) is 0 Å². The number of nitrogens with zero attached hydrogens (tertiary/aromatic N) is 3. The van der Waals surface area contributed by atoms with E-state index in [9.17, 15) is 0 Å². The molecular weight excluding hydrogens is 687 g/mol. The summed E-state index contributed by atoms with van der Waals surface area (Å²) in [6.45, 7) is 0. The first-order valence-electron chi connectivity index (χ1n) is 18.7. The smallest absolute Gasteiger partial charge is 0.164 e. The lowest BCUT2D eigenvalue weighted by molar-refractivity contribution is 0.666. The molecule has 0 aliphatic heterocycles. The van der Waals surface area contributed by atoms with Crippen molar-refractivity contribution in [2.45, 2.75) is 0 Å². The Morgan fingerprint density at radius 3 is 1.04 bits per heavy atom. The molecule has 56 heavy (non-hydrogen) atoms. The van der Waals surface area contributed by atoms with Crippen molar-refractivity contribution in [2.75, 3.05) is 0 Å². The Morgan fingerprint density at radius 2 is 0.571 bits per heavy atom. The summed E-state index contributed by atoms with van der Waals surface area (Å²) < 4.78 is 13.8. The van der Waals surface area contributed by atoms with Gasteiger partial charge in [-0.2, -0.15) is 0 Å². The Morgan fingerprint density at radius 1 is 0.250 bits per heavy atom. The van der Waals surface area contributed by atoms with Gasteiger partial charge in [-0.1, -0.05) is 182 Å². The second kappa shape index (κ2) is 13.0. The van der Waals surface area contributed by atoms with Crippen molar-refractivity contribution in [2.24, 2.45) is 0 Å². The molecule has 0 bridgehead atoms. The summed E-state index contributed by atoms with van der Waals surface area (Å²) in [7, 11) is 0. The summed E-state index contributed by atoms with van der Waals surface area (Å²) in [5, 5.41) is 4.26. The van der Waals surface area contributed by atoms with Crippen molar-refractivity contribution in [3.63, 3.8) is 0 Å². The van der Waals surface area contributed by atoms with Crippen LogP contribution in [0.4, 0.5) is 0 Å². The normalized spacial score (nSPS) is 11.6. The van der Waals surface area contributed by atoms with Crippen LogP contribution in [0.3, 0.4) is 0 Å². The quantitative estimate of drug-likeness (QED) is 0.171. The van der Waals surface area contributed by atoms with Crippen molar-refractivity contribution < 1.29 is 8.83 Å². The number of para-hydroxylation sites is 4. The molecule has 11 rings (SSSR count). The number of fused-ring (bicyclic) bond motifs is 6. The standard InChI is InChI=1S/C51H31N3O2/c1-4-15-32(16-5-1)37-23-11-25-39-41-27-13-29-43(47(41)55-45(37)39)44-30-14-28-42-40-26-12-24-38(46(40)56-48(42)44)35-21-10-22-36(31-35)51-53-49(33-17-6-2-7-18-33)52-50(54-51)34-19-8-3-9-20-34/h1-31H. The highest BCUT2D eigenvalue weighted by atomic mass is 16.3. The summed E-state index contributed by atoms with van der Waals surface area (Å²) >= 11 is 0. The molecule has 0 unspecified atom stereocenters. The number of benzene rings is 8. The van der Waals surface area contributed by atoms with Gasteiger partial charge in [0, 0.05) is 60.5 Å². The van der Waals surface area contributed by atoms with Crippen LogP contribution in [0, 0.1) is 0 Å². The Balaban J connectivity index is 1.06. The summed E-state index contributed by atoms with van der Waals surface area (Å²) in [5.41, 5.74) is 12.3. The Labute approximate surface area is 322 Å². The molecule has 3 heterocycles. The monoisotopic (exact) mass is 717 g/mol. The average molecular weight is 718 g/mol. The molecule has 262 valence electrons. The van der Waals surface area contributed by atoms with Gasteiger partial charge in [0.05, 0.1) is 0 Å². The average Bonchev–Trinajstić information content (AvgIpc) is 3.86. The van der Waals surface area contributed by atoms with Crippen molar-refractivity contribution >= 4 is 43.9 Å². The zero-order chi connectivity index (χ0) is 37.0. The van der Waals surface area contributed by atoms with Gasteiger partial charge in [0.1, 0.15) is 22.3 Å². The summed E-state index contributed by atoms with van der Waals surface area (Å²) in [4.78, 5) is 14.9. The fraction of sp³-hybridized carbons (Fsp3) is 0. The molecule has 5 nitrogen and oxygen atoms in total. The predicted octanol–water partition coefficient (Wildman–Crippen LogP) is 13.7. The van der Waals surface area contributed by atoms with Gasteiger partial charge in [0.2, 0.25) is 0 Å². The predicted molar refractivity (Wildman–Crippen MR) is 227 cm³/mol. The van der Waals surface area contributed by atoms with Crippen LogP contribution in [0.25, 0.3) is 111 Å². The summed E-state index contributed by atoms with van der Waals surface area (Å²) in [6, 6.07) is 64.3. The zero-order valence-corrected chi connectivity index (χ0v) is 30.1. The maximum Gasteiger partial charge on any atom is 0.164 e. The van der Waals surface area contributed by atoms with Gasteiger partial charge < -0.3 is 8.83 Å². The zero-order valence-electron chi connectivity index (χ0n) is 30.1. The summed E-state index contributed by atoms with van der Waals surface area (Å²) in [6.07, 6.45) is 0. The van der Waals surface area contributed by atoms with Crippen molar-refractivity contribution in [3.05, 3.63) is 188 Å². The molecule has 0 spiro atoms. The maximum absolute atomic E-state index is 6.96. The fourth-order valence-electron chi connectivity index (χ4n) is 7.90. The van der Waals surface area contributed by atoms with E-state index in [0.29, 0.717) is 17.5 Å². The van der Waals surface area contributed by atoms with Crippen LogP contribution >= 0.6 is 0 Å². The van der Waals surface area contributed by atoms with E-state index in [-0.39, 0.29) is 0 Å². The fourth-order valence-corrected chi connectivity index (χ4v) is 7.90. The van der Waals surface area contributed by atoms with Crippen molar-refractivity contribution in [3.8, 4) is 67.5 Å². The molecule has 0 saturated heterocycles. The van der Waals surface area contributed by atoms with E-state index >= 15 is 0 Å². The molecule has 8 aromatic carbocycles. The molecule has 0 aliphatic rings. The molecule has 3 aromatic heterocycles. The first-order valence-corrected chi connectivity index (χ1v) is 18.7. The van der Waals surface area contributed by atoms with Gasteiger partial charge >= 0.3 is 0 Å². The number of hydrogen-bond donors (Lipinski definition) is 0. The third-order valence-corrected chi connectivity index (χ3v) is 10.6. The minimum absolute atomic E-state index is 0.605. The third kappa shape index (κ3) is 5.29. The first-order chi connectivity index (χ1) is 27.8. The van der Waals surface area contributed by atoms with Crippen LogP contribution in [-0.4, -0.2) is 15.0 Å². The SMILES string of the molecule is c1ccc(-c2nc(-c3ccccc3)nc(-c3cccc(-c4cccc5c4oc4c(-c6cccc7c6oc6c(-c8ccccc8)cccc67)cccc45)c3)n2)cc1. The van der Waals surface area contributed by atoms with Crippen molar-refractivity contribution in [1.29, 1.82) is 0 Å². The lowest BCUT2D eigenvalue weighted by atomic mass is 9.98. The Bertz CT molecular complexity index is 3180. The number of aromatic nitrogens is 3. The van der Waals surface area contributed by atoms with Crippen LogP contribution in [0.15, 0.2) is 197 Å². The van der Waals surface area contributed by atoms with Crippen LogP contribution in [-0.2, 0) is 0 Å². The molecule has 0 radical (unpaired) electrons. The van der Waals surface area contributed by atoms with Gasteiger partial charge in [-0.25, -0.2) is 15.0 Å². The molecule has 0 aliphatic carbocycles. The van der Waals surface area contributed by atoms with E-state index in [1.807, 2.05) is 66.7 Å². The molecule has 0 atom stereocenters. The second-order valence-electron chi connectivity index (χ2n) is 13.9. The summed E-state index contributed by atoms with van der Waals surface area (Å²) in [5.74, 6) is 1.86. The van der Waals surface area contributed by atoms with Gasteiger partial charge in [-0.3, -0.25) is 0 Å². The first kappa shape index (κ1) is 31.9. The van der Waals surface area contributed by atoms with Crippen molar-refractivity contribution in [1.82, 2.24) is 15.0 Å². The lowest BCUT2D eigenvalue weighted by Gasteiger charge is -2.10. The van der Waals surface area contributed by atoms with E-state index in [1.165, 1.54) is 0 Å². The van der Waals surface area contributed by atoms with Crippen LogP contribution in [0.5, 0.6) is 0 Å².